The van der Waals surface area contributed by atoms with Crippen LogP contribution in [0, 0.1) is 11.8 Å². The topological polar surface area (TPSA) is 32.3 Å². The van der Waals surface area contributed by atoms with Gasteiger partial charge in [0.25, 0.3) is 0 Å². The van der Waals surface area contributed by atoms with Gasteiger partial charge in [0.15, 0.2) is 0 Å². The molecule has 1 aromatic rings. The summed E-state index contributed by atoms with van der Waals surface area (Å²) in [5.41, 5.74) is 1.43. The van der Waals surface area contributed by atoms with Crippen LogP contribution in [0.2, 0.25) is 0 Å². The fourth-order valence-corrected chi connectivity index (χ4v) is 3.78. The second kappa shape index (κ2) is 7.77. The predicted octanol–water partition coefficient (Wildman–Crippen LogP) is 2.86. The number of hydrogen-bond donors (Lipinski definition) is 1. The van der Waals surface area contributed by atoms with Crippen molar-refractivity contribution in [3.05, 3.63) is 35.9 Å². The van der Waals surface area contributed by atoms with E-state index in [4.69, 9.17) is 0 Å². The van der Waals surface area contributed by atoms with Crippen LogP contribution in [0.15, 0.2) is 30.3 Å². The van der Waals surface area contributed by atoms with Gasteiger partial charge in [-0.05, 0) is 62.6 Å². The van der Waals surface area contributed by atoms with Crippen molar-refractivity contribution in [3.63, 3.8) is 0 Å². The maximum atomic E-state index is 12.3. The van der Waals surface area contributed by atoms with Gasteiger partial charge >= 0.3 is 0 Å². The van der Waals surface area contributed by atoms with E-state index in [1.54, 1.807) is 0 Å². The monoisotopic (exact) mass is 300 g/mol. The van der Waals surface area contributed by atoms with Gasteiger partial charge in [0.05, 0.1) is 0 Å². The van der Waals surface area contributed by atoms with Crippen LogP contribution in [0.4, 0.5) is 0 Å². The molecule has 3 rings (SSSR count). The zero-order valence-electron chi connectivity index (χ0n) is 13.5. The van der Waals surface area contributed by atoms with Crippen LogP contribution in [0.3, 0.4) is 0 Å². The summed E-state index contributed by atoms with van der Waals surface area (Å²) in [7, 11) is 0. The fourth-order valence-electron chi connectivity index (χ4n) is 3.78. The normalized spacial score (nSPS) is 22.9. The number of benzene rings is 1. The quantitative estimate of drug-likeness (QED) is 0.907. The molecule has 3 heteroatoms. The number of amides is 1. The van der Waals surface area contributed by atoms with Gasteiger partial charge in [-0.3, -0.25) is 4.79 Å². The van der Waals surface area contributed by atoms with Crippen molar-refractivity contribution < 1.29 is 4.79 Å². The minimum Gasteiger partial charge on any atom is -0.343 e. The highest BCUT2D eigenvalue weighted by Crippen LogP contribution is 2.23. The molecule has 1 unspecified atom stereocenters. The molecule has 2 saturated heterocycles. The number of carbonyl (C=O) groups is 1. The molecule has 1 aromatic carbocycles. The minimum absolute atomic E-state index is 0.380. The van der Waals surface area contributed by atoms with E-state index in [1.165, 1.54) is 12.0 Å². The maximum Gasteiger partial charge on any atom is 0.222 e. The second-order valence-corrected chi connectivity index (χ2v) is 6.91. The van der Waals surface area contributed by atoms with Crippen molar-refractivity contribution in [1.82, 2.24) is 10.2 Å². The number of likely N-dealkylation sites (tertiary alicyclic amines) is 1. The molecule has 1 amide bonds. The molecule has 120 valence electrons. The Morgan fingerprint density at radius 1 is 1.09 bits per heavy atom. The lowest BCUT2D eigenvalue weighted by molar-refractivity contribution is -0.132. The Bertz CT molecular complexity index is 460. The Balaban J connectivity index is 1.38. The zero-order chi connectivity index (χ0) is 15.2. The zero-order valence-corrected chi connectivity index (χ0v) is 13.5. The highest BCUT2D eigenvalue weighted by molar-refractivity contribution is 5.76. The molecular formula is C19H28N2O. The smallest absolute Gasteiger partial charge is 0.222 e. The molecule has 0 bridgehead atoms. The molecule has 2 aliphatic heterocycles. The number of hydrogen-bond acceptors (Lipinski definition) is 2. The van der Waals surface area contributed by atoms with E-state index in [2.05, 4.69) is 40.5 Å². The van der Waals surface area contributed by atoms with E-state index in [1.807, 2.05) is 0 Å². The van der Waals surface area contributed by atoms with Gasteiger partial charge in [-0.1, -0.05) is 30.3 Å². The first-order valence-corrected chi connectivity index (χ1v) is 8.83. The summed E-state index contributed by atoms with van der Waals surface area (Å²) in [5.74, 6) is 1.84. The SMILES string of the molecule is O=C(CCC1CCNC1)N1CCC(Cc2ccccc2)CC1. The molecule has 1 N–H and O–H groups in total. The van der Waals surface area contributed by atoms with Gasteiger partial charge in [-0.15, -0.1) is 0 Å². The van der Waals surface area contributed by atoms with Gasteiger partial charge < -0.3 is 10.2 Å². The van der Waals surface area contributed by atoms with E-state index < -0.39 is 0 Å². The van der Waals surface area contributed by atoms with Crippen LogP contribution in [0.25, 0.3) is 0 Å². The third kappa shape index (κ3) is 4.33. The van der Waals surface area contributed by atoms with Gasteiger partial charge in [-0.2, -0.15) is 0 Å². The van der Waals surface area contributed by atoms with E-state index >= 15 is 0 Å². The van der Waals surface area contributed by atoms with Crippen LogP contribution in [-0.2, 0) is 11.2 Å². The van der Waals surface area contributed by atoms with Crippen molar-refractivity contribution in [2.75, 3.05) is 26.2 Å². The number of nitrogens with one attached hydrogen (secondary N) is 1. The summed E-state index contributed by atoms with van der Waals surface area (Å²) in [6.45, 7) is 4.15. The summed E-state index contributed by atoms with van der Waals surface area (Å²) in [5, 5.41) is 3.38. The van der Waals surface area contributed by atoms with Gasteiger partial charge in [0.2, 0.25) is 5.91 Å². The summed E-state index contributed by atoms with van der Waals surface area (Å²) in [6, 6.07) is 10.7. The van der Waals surface area contributed by atoms with Crippen LogP contribution in [0.5, 0.6) is 0 Å². The fraction of sp³-hybridized carbons (Fsp3) is 0.632. The molecule has 1 atom stereocenters. The Morgan fingerprint density at radius 2 is 1.86 bits per heavy atom. The molecule has 0 aliphatic carbocycles. The molecule has 0 saturated carbocycles. The van der Waals surface area contributed by atoms with Crippen molar-refractivity contribution in [3.8, 4) is 0 Å². The largest absolute Gasteiger partial charge is 0.343 e. The van der Waals surface area contributed by atoms with Crippen molar-refractivity contribution in [2.45, 2.75) is 38.5 Å². The van der Waals surface area contributed by atoms with Crippen LogP contribution in [-0.4, -0.2) is 37.0 Å². The molecule has 0 spiro atoms. The predicted molar refractivity (Wildman–Crippen MR) is 89.7 cm³/mol. The lowest BCUT2D eigenvalue weighted by atomic mass is 9.90. The van der Waals surface area contributed by atoms with Crippen LogP contribution in [0.1, 0.15) is 37.7 Å². The van der Waals surface area contributed by atoms with E-state index in [9.17, 15) is 4.79 Å². The molecule has 2 fully saturated rings. The summed E-state index contributed by atoms with van der Waals surface area (Å²) in [6.07, 6.45) is 6.53. The van der Waals surface area contributed by atoms with E-state index in [0.29, 0.717) is 5.91 Å². The Kier molecular flexibility index (Phi) is 5.49. The van der Waals surface area contributed by atoms with E-state index in [0.717, 1.165) is 70.1 Å². The number of piperidine rings is 1. The number of rotatable bonds is 5. The Hall–Kier alpha value is -1.35. The third-order valence-electron chi connectivity index (χ3n) is 5.26. The Labute approximate surface area is 134 Å². The molecule has 0 aromatic heterocycles. The standard InChI is InChI=1S/C19H28N2O/c22-19(7-6-18-8-11-20-15-18)21-12-9-17(10-13-21)14-16-4-2-1-3-5-16/h1-5,17-18,20H,6-15H2. The maximum absolute atomic E-state index is 12.3. The minimum atomic E-state index is 0.380. The highest BCUT2D eigenvalue weighted by atomic mass is 16.2. The summed E-state index contributed by atoms with van der Waals surface area (Å²) < 4.78 is 0. The molecule has 0 radical (unpaired) electrons. The number of carbonyl (C=O) groups excluding carboxylic acids is 1. The third-order valence-corrected chi connectivity index (χ3v) is 5.26. The molecule has 22 heavy (non-hydrogen) atoms. The summed E-state index contributed by atoms with van der Waals surface area (Å²) >= 11 is 0. The van der Waals surface area contributed by atoms with Crippen molar-refractivity contribution in [2.24, 2.45) is 11.8 Å². The lowest BCUT2D eigenvalue weighted by Crippen LogP contribution is -2.39. The van der Waals surface area contributed by atoms with Crippen molar-refractivity contribution >= 4 is 5.91 Å². The molecular weight excluding hydrogens is 272 g/mol. The summed E-state index contributed by atoms with van der Waals surface area (Å²) in [4.78, 5) is 14.4. The van der Waals surface area contributed by atoms with Gasteiger partial charge in [0.1, 0.15) is 0 Å². The molecule has 3 nitrogen and oxygen atoms in total. The van der Waals surface area contributed by atoms with Gasteiger partial charge in [0, 0.05) is 19.5 Å². The molecule has 2 aliphatic rings. The second-order valence-electron chi connectivity index (χ2n) is 6.91. The average Bonchev–Trinajstić information content (AvgIpc) is 3.08. The molecule has 2 heterocycles. The first-order chi connectivity index (χ1) is 10.8. The first-order valence-electron chi connectivity index (χ1n) is 8.83. The first kappa shape index (κ1) is 15.5. The van der Waals surface area contributed by atoms with Crippen LogP contribution >= 0.6 is 0 Å². The number of nitrogens with zero attached hydrogens (tertiary/aromatic N) is 1. The lowest BCUT2D eigenvalue weighted by Gasteiger charge is -2.32. The Morgan fingerprint density at radius 3 is 2.55 bits per heavy atom. The van der Waals surface area contributed by atoms with E-state index in [-0.39, 0.29) is 0 Å². The average molecular weight is 300 g/mol. The highest BCUT2D eigenvalue weighted by Gasteiger charge is 2.24. The van der Waals surface area contributed by atoms with Gasteiger partial charge in [-0.25, -0.2) is 0 Å². The van der Waals surface area contributed by atoms with Crippen LogP contribution < -0.4 is 5.32 Å². The van der Waals surface area contributed by atoms with Crippen molar-refractivity contribution in [1.29, 1.82) is 0 Å².